The van der Waals surface area contributed by atoms with Gasteiger partial charge in [-0.25, -0.2) is 4.79 Å². The average Bonchev–Trinajstić information content (AvgIpc) is 2.60. The van der Waals surface area contributed by atoms with E-state index in [0.717, 1.165) is 11.1 Å². The smallest absolute Gasteiger partial charge is 0.321 e. The van der Waals surface area contributed by atoms with Gasteiger partial charge >= 0.3 is 6.03 Å². The lowest BCUT2D eigenvalue weighted by Crippen LogP contribution is -2.37. The van der Waals surface area contributed by atoms with Gasteiger partial charge in [0, 0.05) is 24.2 Å². The normalized spacial score (nSPS) is 11.6. The largest absolute Gasteiger partial charge is 0.341 e. The minimum Gasteiger partial charge on any atom is -0.341 e. The minimum atomic E-state index is -0.484. The fraction of sp³-hybridized carbons (Fsp3) is 0.222. The van der Waals surface area contributed by atoms with Crippen LogP contribution in [0.1, 0.15) is 22.8 Å². The number of amides is 3. The van der Waals surface area contributed by atoms with Crippen LogP contribution in [-0.4, -0.2) is 24.7 Å². The van der Waals surface area contributed by atoms with Crippen molar-refractivity contribution >= 4 is 35.3 Å². The lowest BCUT2D eigenvalue weighted by molar-refractivity contribution is -0.119. The zero-order valence-corrected chi connectivity index (χ0v) is 14.9. The summed E-state index contributed by atoms with van der Waals surface area (Å²) in [6.45, 7) is 0. The zero-order valence-electron chi connectivity index (χ0n) is 13.3. The summed E-state index contributed by atoms with van der Waals surface area (Å²) in [4.78, 5) is 22.8. The summed E-state index contributed by atoms with van der Waals surface area (Å²) in [7, 11) is 1.48. The molecule has 3 amide bonds. The van der Waals surface area contributed by atoms with E-state index in [1.165, 1.54) is 7.05 Å². The summed E-state index contributed by atoms with van der Waals surface area (Å²) in [6.07, 6.45) is 0.273. The van der Waals surface area contributed by atoms with Gasteiger partial charge < -0.3 is 5.32 Å². The van der Waals surface area contributed by atoms with Crippen molar-refractivity contribution in [1.82, 2.24) is 10.6 Å². The molecule has 2 rings (SSSR count). The van der Waals surface area contributed by atoms with E-state index in [0.29, 0.717) is 10.8 Å². The van der Waals surface area contributed by atoms with Gasteiger partial charge in [0.05, 0.1) is 5.25 Å². The van der Waals surface area contributed by atoms with E-state index >= 15 is 0 Å². The molecule has 0 heterocycles. The standard InChI is InChI=1S/C18H19ClN2O2S/c1-20-18(23)21-16(22)11-12-24-17(13-5-3-2-4-6-13)14-7-9-15(19)10-8-14/h2-10,17H,11-12H2,1H3,(H2,20,21,22,23)/t17-/m0/s1. The van der Waals surface area contributed by atoms with Crippen LogP contribution >= 0.6 is 23.4 Å². The number of carbonyl (C=O) groups excluding carboxylic acids is 2. The van der Waals surface area contributed by atoms with Gasteiger partial charge in [0.1, 0.15) is 0 Å². The highest BCUT2D eigenvalue weighted by molar-refractivity contribution is 7.99. The molecule has 1 atom stereocenters. The molecule has 0 radical (unpaired) electrons. The highest BCUT2D eigenvalue weighted by Gasteiger charge is 2.15. The Balaban J connectivity index is 2.03. The molecule has 2 N–H and O–H groups in total. The molecule has 0 aliphatic carbocycles. The summed E-state index contributed by atoms with van der Waals surface area (Å²) in [5, 5.41) is 5.44. The Hall–Kier alpha value is -1.98. The molecule has 0 saturated heterocycles. The van der Waals surface area contributed by atoms with E-state index in [-0.39, 0.29) is 17.6 Å². The van der Waals surface area contributed by atoms with E-state index in [4.69, 9.17) is 11.6 Å². The van der Waals surface area contributed by atoms with Crippen LogP contribution in [0.2, 0.25) is 5.02 Å². The first-order valence-electron chi connectivity index (χ1n) is 7.53. The Morgan fingerprint density at radius 2 is 1.67 bits per heavy atom. The number of urea groups is 1. The number of thioether (sulfide) groups is 1. The molecule has 0 bridgehead atoms. The van der Waals surface area contributed by atoms with E-state index in [1.807, 2.05) is 42.5 Å². The number of hydrogen-bond donors (Lipinski definition) is 2. The van der Waals surface area contributed by atoms with Gasteiger partial charge in [-0.05, 0) is 23.3 Å². The highest BCUT2D eigenvalue weighted by atomic mass is 35.5. The van der Waals surface area contributed by atoms with Gasteiger partial charge in [0.15, 0.2) is 0 Å². The first-order valence-corrected chi connectivity index (χ1v) is 8.96. The van der Waals surface area contributed by atoms with Gasteiger partial charge in [-0.1, -0.05) is 54.1 Å². The van der Waals surface area contributed by atoms with Crippen molar-refractivity contribution in [2.24, 2.45) is 0 Å². The van der Waals surface area contributed by atoms with E-state index < -0.39 is 6.03 Å². The maximum Gasteiger partial charge on any atom is 0.321 e. The van der Waals surface area contributed by atoms with Crippen LogP contribution in [0.25, 0.3) is 0 Å². The topological polar surface area (TPSA) is 58.2 Å². The summed E-state index contributed by atoms with van der Waals surface area (Å²) in [6, 6.07) is 17.3. The maximum atomic E-state index is 11.7. The van der Waals surface area contributed by atoms with Crippen molar-refractivity contribution in [1.29, 1.82) is 0 Å². The molecule has 0 unspecified atom stereocenters. The van der Waals surface area contributed by atoms with Crippen LogP contribution in [0.15, 0.2) is 54.6 Å². The number of carbonyl (C=O) groups is 2. The van der Waals surface area contributed by atoms with Crippen molar-refractivity contribution in [3.8, 4) is 0 Å². The summed E-state index contributed by atoms with van der Waals surface area (Å²) in [5.74, 6) is 0.315. The lowest BCUT2D eigenvalue weighted by atomic mass is 10.0. The SMILES string of the molecule is CNC(=O)NC(=O)CCS[C@@H](c1ccccc1)c1ccc(Cl)cc1. The summed E-state index contributed by atoms with van der Waals surface area (Å²) >= 11 is 7.63. The third-order valence-corrected chi connectivity index (χ3v) is 4.94. The number of rotatable bonds is 6. The van der Waals surface area contributed by atoms with E-state index in [2.05, 4.69) is 22.8 Å². The fourth-order valence-corrected chi connectivity index (χ4v) is 3.54. The maximum absolute atomic E-state index is 11.7. The molecule has 0 aliphatic rings. The van der Waals surface area contributed by atoms with Gasteiger partial charge in [0.25, 0.3) is 0 Å². The quantitative estimate of drug-likeness (QED) is 0.816. The van der Waals surface area contributed by atoms with Crippen molar-refractivity contribution < 1.29 is 9.59 Å². The minimum absolute atomic E-state index is 0.108. The molecular formula is C18H19ClN2O2S. The van der Waals surface area contributed by atoms with Crippen molar-refractivity contribution in [3.63, 3.8) is 0 Å². The number of hydrogen-bond acceptors (Lipinski definition) is 3. The Kier molecular flexibility index (Phi) is 7.15. The van der Waals surface area contributed by atoms with E-state index in [9.17, 15) is 9.59 Å². The molecular weight excluding hydrogens is 344 g/mol. The molecule has 0 fully saturated rings. The number of imide groups is 1. The predicted octanol–water partition coefficient (Wildman–Crippen LogP) is 4.01. The second-order valence-electron chi connectivity index (χ2n) is 5.09. The second-order valence-corrected chi connectivity index (χ2v) is 6.74. The first kappa shape index (κ1) is 18.4. The molecule has 0 aliphatic heterocycles. The fourth-order valence-electron chi connectivity index (χ4n) is 2.17. The highest BCUT2D eigenvalue weighted by Crippen LogP contribution is 2.36. The van der Waals surface area contributed by atoms with Crippen LogP contribution < -0.4 is 10.6 Å². The monoisotopic (exact) mass is 362 g/mol. The van der Waals surface area contributed by atoms with Crippen LogP contribution in [0.3, 0.4) is 0 Å². The van der Waals surface area contributed by atoms with Gasteiger partial charge in [0.2, 0.25) is 5.91 Å². The second kappa shape index (κ2) is 9.35. The predicted molar refractivity (Wildman–Crippen MR) is 99.4 cm³/mol. The Morgan fingerprint density at radius 3 is 2.29 bits per heavy atom. The third-order valence-electron chi connectivity index (χ3n) is 3.37. The van der Waals surface area contributed by atoms with Crippen LogP contribution in [0.4, 0.5) is 4.79 Å². The van der Waals surface area contributed by atoms with Gasteiger partial charge in [-0.15, -0.1) is 11.8 Å². The molecule has 0 aromatic heterocycles. The lowest BCUT2D eigenvalue weighted by Gasteiger charge is -2.17. The van der Waals surface area contributed by atoms with Gasteiger partial charge in [-0.2, -0.15) is 0 Å². The van der Waals surface area contributed by atoms with Crippen LogP contribution in [0.5, 0.6) is 0 Å². The van der Waals surface area contributed by atoms with Crippen molar-refractivity contribution in [2.75, 3.05) is 12.8 Å². The van der Waals surface area contributed by atoms with E-state index in [1.54, 1.807) is 11.8 Å². The number of nitrogens with one attached hydrogen (secondary N) is 2. The average molecular weight is 363 g/mol. The Morgan fingerprint density at radius 1 is 1.04 bits per heavy atom. The number of benzene rings is 2. The molecule has 6 heteroatoms. The summed E-state index contributed by atoms with van der Waals surface area (Å²) in [5.41, 5.74) is 2.29. The van der Waals surface area contributed by atoms with Crippen molar-refractivity contribution in [2.45, 2.75) is 11.7 Å². The summed E-state index contributed by atoms with van der Waals surface area (Å²) < 4.78 is 0. The third kappa shape index (κ3) is 5.58. The first-order chi connectivity index (χ1) is 11.6. The zero-order chi connectivity index (χ0) is 17.4. The molecule has 2 aromatic rings. The molecule has 24 heavy (non-hydrogen) atoms. The molecule has 4 nitrogen and oxygen atoms in total. The number of halogens is 1. The Bertz CT molecular complexity index is 677. The van der Waals surface area contributed by atoms with Crippen molar-refractivity contribution in [3.05, 3.63) is 70.7 Å². The molecule has 0 saturated carbocycles. The molecule has 0 spiro atoms. The van der Waals surface area contributed by atoms with Crippen LogP contribution in [0, 0.1) is 0 Å². The Labute approximate surface area is 151 Å². The van der Waals surface area contributed by atoms with Crippen LogP contribution in [-0.2, 0) is 4.79 Å². The molecule has 126 valence electrons. The van der Waals surface area contributed by atoms with Gasteiger partial charge in [-0.3, -0.25) is 10.1 Å². The molecule has 2 aromatic carbocycles.